The minimum atomic E-state index is 0.426. The molecule has 0 bridgehead atoms. The van der Waals surface area contributed by atoms with Crippen molar-refractivity contribution in [3.8, 4) is 11.5 Å². The summed E-state index contributed by atoms with van der Waals surface area (Å²) < 4.78 is 11.0. The number of ether oxygens (including phenoxy) is 2. The molecule has 2 aromatic rings. The highest BCUT2D eigenvalue weighted by molar-refractivity contribution is 5.81. The zero-order valence-electron chi connectivity index (χ0n) is 11.1. The average molecular weight is 256 g/mol. The van der Waals surface area contributed by atoms with Crippen molar-refractivity contribution in [1.29, 1.82) is 0 Å². The highest BCUT2D eigenvalue weighted by Crippen LogP contribution is 2.31. The first-order valence-corrected chi connectivity index (χ1v) is 6.05. The second-order valence-electron chi connectivity index (χ2n) is 4.20. The van der Waals surface area contributed by atoms with Crippen LogP contribution in [0.4, 0.5) is 0 Å². The molecule has 19 heavy (non-hydrogen) atoms. The number of aldehydes is 1. The minimum absolute atomic E-state index is 0.426. The summed E-state index contributed by atoms with van der Waals surface area (Å²) in [5.41, 5.74) is 2.43. The second-order valence-corrected chi connectivity index (χ2v) is 4.20. The normalized spacial score (nSPS) is 10.0. The molecule has 0 aliphatic rings. The van der Waals surface area contributed by atoms with Crippen molar-refractivity contribution in [2.75, 3.05) is 7.11 Å². The first-order valence-electron chi connectivity index (χ1n) is 6.05. The van der Waals surface area contributed by atoms with Crippen LogP contribution in [0.1, 0.15) is 21.5 Å². The first kappa shape index (κ1) is 13.1. The largest absolute Gasteiger partial charge is 0.496 e. The fraction of sp³-hybridized carbons (Fsp3) is 0.188. The first-order chi connectivity index (χ1) is 9.26. The van der Waals surface area contributed by atoms with Gasteiger partial charge in [-0.3, -0.25) is 4.79 Å². The highest BCUT2D eigenvalue weighted by Gasteiger charge is 2.11. The molecule has 2 aromatic carbocycles. The second kappa shape index (κ2) is 6.05. The van der Waals surface area contributed by atoms with Crippen LogP contribution in [0.15, 0.2) is 42.5 Å². The number of carbonyl (C=O) groups excluding carboxylic acids is 1. The zero-order valence-corrected chi connectivity index (χ0v) is 11.1. The van der Waals surface area contributed by atoms with Crippen molar-refractivity contribution < 1.29 is 14.3 Å². The van der Waals surface area contributed by atoms with Gasteiger partial charge in [-0.2, -0.15) is 0 Å². The third-order valence-corrected chi connectivity index (χ3v) is 2.96. The lowest BCUT2D eigenvalue weighted by atomic mass is 10.1. The van der Waals surface area contributed by atoms with Gasteiger partial charge in [0.25, 0.3) is 0 Å². The molecule has 0 atom stereocenters. The molecule has 0 aromatic heterocycles. The van der Waals surface area contributed by atoms with E-state index in [1.165, 1.54) is 0 Å². The van der Waals surface area contributed by atoms with Gasteiger partial charge in [0.15, 0.2) is 6.29 Å². The van der Waals surface area contributed by atoms with E-state index in [-0.39, 0.29) is 0 Å². The lowest BCUT2D eigenvalue weighted by molar-refractivity contribution is 0.111. The molecule has 3 heteroatoms. The third kappa shape index (κ3) is 2.94. The van der Waals surface area contributed by atoms with Gasteiger partial charge >= 0.3 is 0 Å². The van der Waals surface area contributed by atoms with Crippen molar-refractivity contribution in [2.24, 2.45) is 0 Å². The molecular weight excluding hydrogens is 240 g/mol. The maximum absolute atomic E-state index is 11.1. The van der Waals surface area contributed by atoms with E-state index in [9.17, 15) is 4.79 Å². The molecular formula is C16H16O3. The van der Waals surface area contributed by atoms with Crippen LogP contribution >= 0.6 is 0 Å². The van der Waals surface area contributed by atoms with Gasteiger partial charge in [-0.25, -0.2) is 0 Å². The quantitative estimate of drug-likeness (QED) is 0.769. The van der Waals surface area contributed by atoms with Gasteiger partial charge in [-0.05, 0) is 24.6 Å². The molecule has 0 aliphatic heterocycles. The van der Waals surface area contributed by atoms with Gasteiger partial charge in [0.2, 0.25) is 0 Å². The average Bonchev–Trinajstić information content (AvgIpc) is 2.46. The Hall–Kier alpha value is -2.29. The number of rotatable bonds is 5. The molecule has 0 saturated carbocycles. The predicted molar refractivity (Wildman–Crippen MR) is 73.9 cm³/mol. The van der Waals surface area contributed by atoms with Crippen LogP contribution in [0.5, 0.6) is 11.5 Å². The fourth-order valence-corrected chi connectivity index (χ4v) is 1.93. The van der Waals surface area contributed by atoms with Crippen LogP contribution < -0.4 is 9.47 Å². The summed E-state index contributed by atoms with van der Waals surface area (Å²) in [7, 11) is 1.60. The summed E-state index contributed by atoms with van der Waals surface area (Å²) in [6, 6.07) is 13.3. The van der Waals surface area contributed by atoms with Crippen LogP contribution in [-0.2, 0) is 6.61 Å². The lowest BCUT2D eigenvalue weighted by Gasteiger charge is -2.14. The summed E-state index contributed by atoms with van der Waals surface area (Å²) in [6.45, 7) is 2.31. The molecule has 3 nitrogen and oxygen atoms in total. The van der Waals surface area contributed by atoms with Crippen LogP contribution in [0.3, 0.4) is 0 Å². The number of hydrogen-bond donors (Lipinski definition) is 0. The molecule has 0 unspecified atom stereocenters. The molecule has 2 rings (SSSR count). The van der Waals surface area contributed by atoms with Crippen molar-refractivity contribution in [1.82, 2.24) is 0 Å². The van der Waals surface area contributed by atoms with Crippen molar-refractivity contribution in [2.45, 2.75) is 13.5 Å². The molecule has 0 N–H and O–H groups in total. The SMILES string of the molecule is COc1ccc(C=O)c(OCc2ccccc2)c1C. The number of hydrogen-bond acceptors (Lipinski definition) is 3. The standard InChI is InChI=1S/C16H16O3/c1-12-15(18-2)9-8-14(10-17)16(12)19-11-13-6-4-3-5-7-13/h3-10H,11H2,1-2H3. The monoisotopic (exact) mass is 256 g/mol. The Balaban J connectivity index is 2.25. The highest BCUT2D eigenvalue weighted by atomic mass is 16.5. The Labute approximate surface area is 112 Å². The van der Waals surface area contributed by atoms with E-state index in [1.54, 1.807) is 19.2 Å². The van der Waals surface area contributed by atoms with Gasteiger partial charge in [0.1, 0.15) is 18.1 Å². The van der Waals surface area contributed by atoms with Crippen LogP contribution in [-0.4, -0.2) is 13.4 Å². The number of carbonyl (C=O) groups is 1. The Morgan fingerprint density at radius 1 is 1.11 bits per heavy atom. The molecule has 0 heterocycles. The topological polar surface area (TPSA) is 35.5 Å². The summed E-state index contributed by atoms with van der Waals surface area (Å²) in [5.74, 6) is 1.30. The maximum atomic E-state index is 11.1. The Morgan fingerprint density at radius 2 is 1.84 bits per heavy atom. The number of benzene rings is 2. The van der Waals surface area contributed by atoms with E-state index < -0.39 is 0 Å². The van der Waals surface area contributed by atoms with Crippen molar-refractivity contribution in [3.63, 3.8) is 0 Å². The Kier molecular flexibility index (Phi) is 4.18. The van der Waals surface area contributed by atoms with Crippen LogP contribution in [0.2, 0.25) is 0 Å². The molecule has 0 aliphatic carbocycles. The lowest BCUT2D eigenvalue weighted by Crippen LogP contribution is -2.01. The van der Waals surface area contributed by atoms with E-state index in [0.717, 1.165) is 17.4 Å². The number of methoxy groups -OCH3 is 1. The molecule has 0 spiro atoms. The molecule has 98 valence electrons. The van der Waals surface area contributed by atoms with Crippen LogP contribution in [0, 0.1) is 6.92 Å². The van der Waals surface area contributed by atoms with Gasteiger partial charge in [-0.1, -0.05) is 30.3 Å². The van der Waals surface area contributed by atoms with Crippen molar-refractivity contribution in [3.05, 3.63) is 59.2 Å². The summed E-state index contributed by atoms with van der Waals surface area (Å²) in [6.07, 6.45) is 0.798. The van der Waals surface area contributed by atoms with Gasteiger partial charge in [0, 0.05) is 5.56 Å². The van der Waals surface area contributed by atoms with E-state index >= 15 is 0 Å². The smallest absolute Gasteiger partial charge is 0.153 e. The van der Waals surface area contributed by atoms with E-state index in [0.29, 0.717) is 23.7 Å². The maximum Gasteiger partial charge on any atom is 0.153 e. The van der Waals surface area contributed by atoms with Gasteiger partial charge < -0.3 is 9.47 Å². The van der Waals surface area contributed by atoms with Crippen LogP contribution in [0.25, 0.3) is 0 Å². The Morgan fingerprint density at radius 3 is 2.47 bits per heavy atom. The third-order valence-electron chi connectivity index (χ3n) is 2.96. The van der Waals surface area contributed by atoms with Gasteiger partial charge in [0.05, 0.1) is 12.7 Å². The summed E-state index contributed by atoms with van der Waals surface area (Å²) >= 11 is 0. The van der Waals surface area contributed by atoms with E-state index in [4.69, 9.17) is 9.47 Å². The molecule has 0 amide bonds. The van der Waals surface area contributed by atoms with E-state index in [2.05, 4.69) is 0 Å². The Bertz CT molecular complexity index is 562. The zero-order chi connectivity index (χ0) is 13.7. The predicted octanol–water partition coefficient (Wildman–Crippen LogP) is 3.40. The summed E-state index contributed by atoms with van der Waals surface area (Å²) in [4.78, 5) is 11.1. The molecule has 0 fully saturated rings. The molecule has 0 radical (unpaired) electrons. The summed E-state index contributed by atoms with van der Waals surface area (Å²) in [5, 5.41) is 0. The minimum Gasteiger partial charge on any atom is -0.496 e. The van der Waals surface area contributed by atoms with Gasteiger partial charge in [-0.15, -0.1) is 0 Å². The fourth-order valence-electron chi connectivity index (χ4n) is 1.93. The van der Waals surface area contributed by atoms with Crippen molar-refractivity contribution >= 4 is 6.29 Å². The van der Waals surface area contributed by atoms with E-state index in [1.807, 2.05) is 37.3 Å². The molecule has 0 saturated heterocycles.